The fraction of sp³-hybridized carbons (Fsp3) is 0.794. The summed E-state index contributed by atoms with van der Waals surface area (Å²) >= 11 is 0. The lowest BCUT2D eigenvalue weighted by molar-refractivity contribution is -0.870. The zero-order chi connectivity index (χ0) is 57.2. The maximum atomic E-state index is 13.6. The molecule has 0 aromatic rings. The lowest BCUT2D eigenvalue weighted by Gasteiger charge is -2.30. The number of quaternary nitrogens is 1. The highest BCUT2D eigenvalue weighted by Gasteiger charge is 2.27. The predicted octanol–water partition coefficient (Wildman–Crippen LogP) is 19.8. The first-order chi connectivity index (χ1) is 37.9. The molecule has 0 aliphatic heterocycles. The normalized spacial score (nSPS) is 14.1. The molecule has 0 saturated carbocycles. The average molecular weight is 1110 g/mol. The summed E-state index contributed by atoms with van der Waals surface area (Å²) in [5.41, 5.74) is 0. The molecule has 3 atom stereocenters. The Bertz CT molecular complexity index is 1570. The summed E-state index contributed by atoms with van der Waals surface area (Å²) in [6.45, 7) is 6.74. The Kier molecular flexibility index (Phi) is 55.8. The Balaban J connectivity index is 5.22. The Morgan fingerprint density at radius 3 is 1.23 bits per heavy atom. The Hall–Kier alpha value is -2.55. The number of allylic oxidation sites excluding steroid dienone is 11. The maximum Gasteiger partial charge on any atom is 0.306 e. The number of hydrogen-bond donors (Lipinski definition) is 1. The van der Waals surface area contributed by atoms with Gasteiger partial charge in [-0.25, -0.2) is 0 Å². The summed E-state index contributed by atoms with van der Waals surface area (Å²) < 4.78 is 30.4. The van der Waals surface area contributed by atoms with Crippen LogP contribution in [0.4, 0.5) is 0 Å². The van der Waals surface area contributed by atoms with Gasteiger partial charge in [0.1, 0.15) is 19.3 Å². The number of likely N-dealkylation sites (N-methyl/N-ethyl adjacent to an activating group) is 1. The second kappa shape index (κ2) is 57.7. The average Bonchev–Trinajstić information content (AvgIpc) is 3.40. The number of carbonyl (C=O) groups is 2. The molecule has 10 heteroatoms. The van der Waals surface area contributed by atoms with Crippen LogP contribution in [0.5, 0.6) is 0 Å². The van der Waals surface area contributed by atoms with Crippen LogP contribution in [0.2, 0.25) is 0 Å². The molecule has 0 spiro atoms. The number of phosphoric ester groups is 1. The Morgan fingerprint density at radius 2 is 0.821 bits per heavy atom. The standard InChI is InChI=1S/C68H125N2O7P/c1-7-10-13-16-19-22-25-28-30-32-34-35-37-38-40-42-45-48-51-54-57-60-67(71)69-65(64-76-78(73,74)75-63-62-70(4,5)6)66(59-56-53-50-47-44-27-24-21-18-15-12-9-3)77-68(72)61-58-55-52-49-46-43-41-39-36-33-31-29-26-23-20-17-14-11-8-2/h10,13,19,22,28,30,34-35,38,40,56,59,65-66H,7-9,11-12,14-18,20-21,23-27,29,31-33,36-37,39,41-55,57-58,60-64H2,1-6H3,(H-,69,71,73,74)/b13-10-,22-19-,30-28-,35-34-,40-38-,59-56+. The highest BCUT2D eigenvalue weighted by atomic mass is 31.2. The van der Waals surface area contributed by atoms with Crippen molar-refractivity contribution in [3.05, 3.63) is 72.9 Å². The Morgan fingerprint density at radius 1 is 0.462 bits per heavy atom. The van der Waals surface area contributed by atoms with Gasteiger partial charge < -0.3 is 28.5 Å². The minimum Gasteiger partial charge on any atom is -0.756 e. The zero-order valence-electron chi connectivity index (χ0n) is 51.9. The van der Waals surface area contributed by atoms with Gasteiger partial charge in [-0.1, -0.05) is 280 Å². The van der Waals surface area contributed by atoms with Crippen molar-refractivity contribution in [3.63, 3.8) is 0 Å². The molecule has 0 rings (SSSR count). The van der Waals surface area contributed by atoms with Gasteiger partial charge in [0, 0.05) is 12.8 Å². The SMILES string of the molecule is CC/C=C\C/C=C\C/C=C\C/C=C\C/C=C\CCCCCCCC(=O)NC(COP(=O)([O-])OCC[N+](C)(C)C)C(/C=C/CCCCCCCCCCCC)OC(=O)CCCCCCCCCCCCCCCCCCCCC. The van der Waals surface area contributed by atoms with Gasteiger partial charge in [-0.2, -0.15) is 0 Å². The van der Waals surface area contributed by atoms with E-state index in [9.17, 15) is 19.0 Å². The van der Waals surface area contributed by atoms with Crippen LogP contribution in [0.1, 0.15) is 297 Å². The largest absolute Gasteiger partial charge is 0.756 e. The van der Waals surface area contributed by atoms with Crippen LogP contribution in [0.3, 0.4) is 0 Å². The molecule has 0 aliphatic rings. The first kappa shape index (κ1) is 75.5. The molecule has 0 fully saturated rings. The summed E-state index contributed by atoms with van der Waals surface area (Å²) in [5.74, 6) is -0.555. The van der Waals surface area contributed by atoms with Crippen LogP contribution < -0.4 is 10.2 Å². The van der Waals surface area contributed by atoms with Crippen LogP contribution in [0.25, 0.3) is 0 Å². The van der Waals surface area contributed by atoms with E-state index in [1.54, 1.807) is 0 Å². The van der Waals surface area contributed by atoms with E-state index < -0.39 is 26.6 Å². The fourth-order valence-corrected chi connectivity index (χ4v) is 10.1. The third kappa shape index (κ3) is 58.1. The first-order valence-corrected chi connectivity index (χ1v) is 34.2. The molecule has 0 bridgehead atoms. The molecule has 78 heavy (non-hydrogen) atoms. The smallest absolute Gasteiger partial charge is 0.306 e. The molecule has 0 heterocycles. The molecular weight excluding hydrogens is 988 g/mol. The summed E-state index contributed by atoms with van der Waals surface area (Å²) in [7, 11) is 1.17. The molecule has 3 unspecified atom stereocenters. The molecule has 454 valence electrons. The molecule has 9 nitrogen and oxygen atoms in total. The van der Waals surface area contributed by atoms with E-state index in [0.29, 0.717) is 23.9 Å². The first-order valence-electron chi connectivity index (χ1n) is 32.7. The second-order valence-electron chi connectivity index (χ2n) is 23.2. The van der Waals surface area contributed by atoms with Crippen LogP contribution in [0, 0.1) is 0 Å². The lowest BCUT2D eigenvalue weighted by atomic mass is 10.0. The number of amides is 1. The van der Waals surface area contributed by atoms with Gasteiger partial charge in [0.05, 0.1) is 33.8 Å². The van der Waals surface area contributed by atoms with Gasteiger partial charge in [0.2, 0.25) is 5.91 Å². The second-order valence-corrected chi connectivity index (χ2v) is 24.7. The quantitative estimate of drug-likeness (QED) is 0.0212. The third-order valence-corrected chi connectivity index (χ3v) is 15.4. The van der Waals surface area contributed by atoms with E-state index >= 15 is 0 Å². The highest BCUT2D eigenvalue weighted by Crippen LogP contribution is 2.38. The van der Waals surface area contributed by atoms with Gasteiger partial charge in [-0.05, 0) is 76.7 Å². The van der Waals surface area contributed by atoms with Crippen molar-refractivity contribution >= 4 is 19.7 Å². The minimum atomic E-state index is -4.71. The molecular formula is C68H125N2O7P. The lowest BCUT2D eigenvalue weighted by Crippen LogP contribution is -2.47. The summed E-state index contributed by atoms with van der Waals surface area (Å²) in [4.78, 5) is 40.1. The van der Waals surface area contributed by atoms with Gasteiger partial charge in [-0.15, -0.1) is 0 Å². The zero-order valence-corrected chi connectivity index (χ0v) is 52.8. The molecule has 0 aliphatic carbocycles. The van der Waals surface area contributed by atoms with Crippen molar-refractivity contribution in [2.24, 2.45) is 0 Å². The van der Waals surface area contributed by atoms with Crippen LogP contribution >= 0.6 is 7.82 Å². The van der Waals surface area contributed by atoms with Crippen molar-refractivity contribution in [3.8, 4) is 0 Å². The van der Waals surface area contributed by atoms with E-state index in [-0.39, 0.29) is 24.9 Å². The van der Waals surface area contributed by atoms with E-state index in [0.717, 1.165) is 103 Å². The summed E-state index contributed by atoms with van der Waals surface area (Å²) in [6, 6.07) is -0.900. The number of unbranched alkanes of at least 4 members (excludes halogenated alkanes) is 33. The fourth-order valence-electron chi connectivity index (χ4n) is 9.37. The van der Waals surface area contributed by atoms with E-state index in [1.807, 2.05) is 33.3 Å². The van der Waals surface area contributed by atoms with Crippen LogP contribution in [-0.4, -0.2) is 69.4 Å². The number of nitrogens with one attached hydrogen (secondary N) is 1. The van der Waals surface area contributed by atoms with Gasteiger partial charge in [0.15, 0.2) is 0 Å². The number of rotatable bonds is 59. The third-order valence-electron chi connectivity index (χ3n) is 14.4. The van der Waals surface area contributed by atoms with Crippen molar-refractivity contribution in [2.45, 2.75) is 309 Å². The van der Waals surface area contributed by atoms with Crippen LogP contribution in [0.15, 0.2) is 72.9 Å². The maximum absolute atomic E-state index is 13.6. The highest BCUT2D eigenvalue weighted by molar-refractivity contribution is 7.45. The molecule has 0 aromatic carbocycles. The number of hydrogen-bond acceptors (Lipinski definition) is 7. The number of nitrogens with zero attached hydrogens (tertiary/aromatic N) is 1. The van der Waals surface area contributed by atoms with Crippen molar-refractivity contribution in [1.29, 1.82) is 0 Å². The topological polar surface area (TPSA) is 114 Å². The number of esters is 1. The number of ether oxygens (including phenoxy) is 1. The van der Waals surface area contributed by atoms with Crippen molar-refractivity contribution in [2.75, 3.05) is 40.9 Å². The molecule has 0 aromatic heterocycles. The molecule has 1 N–H and O–H groups in total. The van der Waals surface area contributed by atoms with E-state index in [1.165, 1.54) is 154 Å². The van der Waals surface area contributed by atoms with Gasteiger partial charge in [0.25, 0.3) is 7.82 Å². The monoisotopic (exact) mass is 1110 g/mol. The molecule has 0 radical (unpaired) electrons. The number of phosphoric acid groups is 1. The minimum absolute atomic E-state index is 0.0275. The summed E-state index contributed by atoms with van der Waals surface area (Å²) in [6.07, 6.45) is 74.4. The molecule has 1 amide bonds. The summed E-state index contributed by atoms with van der Waals surface area (Å²) in [5, 5.41) is 3.03. The number of carbonyl (C=O) groups excluding carboxylic acids is 2. The van der Waals surface area contributed by atoms with Gasteiger partial charge in [-0.3, -0.25) is 14.2 Å². The predicted molar refractivity (Wildman–Crippen MR) is 335 cm³/mol. The van der Waals surface area contributed by atoms with E-state index in [2.05, 4.69) is 86.8 Å². The molecule has 0 saturated heterocycles. The van der Waals surface area contributed by atoms with Crippen molar-refractivity contribution in [1.82, 2.24) is 5.32 Å². The van der Waals surface area contributed by atoms with E-state index in [4.69, 9.17) is 13.8 Å². The van der Waals surface area contributed by atoms with Crippen LogP contribution in [-0.2, 0) is 27.9 Å². The Labute approximate surface area is 483 Å². The van der Waals surface area contributed by atoms with Gasteiger partial charge >= 0.3 is 5.97 Å². The van der Waals surface area contributed by atoms with Crippen molar-refractivity contribution < 1.29 is 37.3 Å².